The van der Waals surface area contributed by atoms with Crippen molar-refractivity contribution in [2.75, 3.05) is 0 Å². The van der Waals surface area contributed by atoms with Crippen LogP contribution in [0.1, 0.15) is 0 Å². The van der Waals surface area contributed by atoms with Gasteiger partial charge in [0.2, 0.25) is 0 Å². The van der Waals surface area contributed by atoms with E-state index in [-0.39, 0.29) is 10.4 Å². The molecular formula is C6H10N2O3S. The van der Waals surface area contributed by atoms with Crippen molar-refractivity contribution in [1.82, 2.24) is 4.83 Å². The molecule has 0 unspecified atom stereocenters. The highest BCUT2D eigenvalue weighted by molar-refractivity contribution is 7.89. The summed E-state index contributed by atoms with van der Waals surface area (Å²) in [7, 11) is -3.47. The minimum absolute atomic E-state index is 0. The van der Waals surface area contributed by atoms with Crippen LogP contribution in [0.2, 0.25) is 0 Å². The van der Waals surface area contributed by atoms with E-state index in [0.717, 1.165) is 0 Å². The molecule has 1 aromatic rings. The van der Waals surface area contributed by atoms with Crippen LogP contribution in [0.5, 0.6) is 0 Å². The topological polar surface area (TPSA) is 104 Å². The largest absolute Gasteiger partial charge is 0.412 e. The molecule has 0 aliphatic heterocycles. The maximum Gasteiger partial charge on any atom is 0.253 e. The molecule has 0 aromatic heterocycles. The molecule has 0 aliphatic carbocycles. The molecule has 68 valence electrons. The van der Waals surface area contributed by atoms with E-state index >= 15 is 0 Å². The summed E-state index contributed by atoms with van der Waals surface area (Å²) >= 11 is 0. The number of hydrazine groups is 1. The Morgan fingerprint density at radius 2 is 1.67 bits per heavy atom. The lowest BCUT2D eigenvalue weighted by molar-refractivity contribution is 0.584. The van der Waals surface area contributed by atoms with Crippen molar-refractivity contribution in [1.29, 1.82) is 0 Å². The van der Waals surface area contributed by atoms with E-state index in [1.807, 2.05) is 0 Å². The highest BCUT2D eigenvalue weighted by Gasteiger charge is 2.08. The molecule has 0 amide bonds. The molecular weight excluding hydrogens is 180 g/mol. The Labute approximate surface area is 70.5 Å². The van der Waals surface area contributed by atoms with Gasteiger partial charge in [-0.15, -0.1) is 0 Å². The normalized spacial score (nSPS) is 10.4. The van der Waals surface area contributed by atoms with Crippen molar-refractivity contribution in [3.8, 4) is 0 Å². The molecule has 1 aromatic carbocycles. The fraction of sp³-hybridized carbons (Fsp3) is 0. The quantitative estimate of drug-likeness (QED) is 0.462. The van der Waals surface area contributed by atoms with Crippen LogP contribution in [0.3, 0.4) is 0 Å². The van der Waals surface area contributed by atoms with Crippen molar-refractivity contribution >= 4 is 10.0 Å². The van der Waals surface area contributed by atoms with E-state index in [0.29, 0.717) is 0 Å². The summed E-state index contributed by atoms with van der Waals surface area (Å²) in [5.41, 5.74) is 0. The Kier molecular flexibility index (Phi) is 3.84. The zero-order valence-corrected chi connectivity index (χ0v) is 7.01. The first-order chi connectivity index (χ1) is 5.17. The third-order valence-corrected chi connectivity index (χ3v) is 2.41. The Morgan fingerprint density at radius 3 is 2.08 bits per heavy atom. The molecule has 0 atom stereocenters. The van der Waals surface area contributed by atoms with Crippen molar-refractivity contribution in [2.24, 2.45) is 5.84 Å². The van der Waals surface area contributed by atoms with Gasteiger partial charge in [-0.1, -0.05) is 18.2 Å². The Morgan fingerprint density at radius 1 is 1.17 bits per heavy atom. The number of benzene rings is 1. The van der Waals surface area contributed by atoms with Gasteiger partial charge in [-0.2, -0.15) is 4.83 Å². The van der Waals surface area contributed by atoms with Crippen LogP contribution in [0.4, 0.5) is 0 Å². The first-order valence-corrected chi connectivity index (χ1v) is 4.42. The average molecular weight is 190 g/mol. The van der Waals surface area contributed by atoms with Gasteiger partial charge in [0, 0.05) is 0 Å². The summed E-state index contributed by atoms with van der Waals surface area (Å²) in [4.78, 5) is 1.90. The molecule has 0 heterocycles. The number of rotatable bonds is 2. The average Bonchev–Trinajstić information content (AvgIpc) is 2.06. The molecule has 0 saturated carbocycles. The van der Waals surface area contributed by atoms with Crippen molar-refractivity contribution < 1.29 is 13.9 Å². The SMILES string of the molecule is NNS(=O)(=O)c1ccccc1.O. The van der Waals surface area contributed by atoms with Gasteiger partial charge < -0.3 is 5.48 Å². The maximum atomic E-state index is 11.0. The minimum Gasteiger partial charge on any atom is -0.412 e. The maximum absolute atomic E-state index is 11.0. The minimum atomic E-state index is -3.47. The Hall–Kier alpha value is -0.950. The smallest absolute Gasteiger partial charge is 0.253 e. The van der Waals surface area contributed by atoms with Gasteiger partial charge in [-0.25, -0.2) is 8.42 Å². The number of nitrogens with two attached hydrogens (primary N) is 1. The summed E-state index contributed by atoms with van der Waals surface area (Å²) in [5.74, 6) is 4.80. The number of hydrogen-bond acceptors (Lipinski definition) is 3. The monoisotopic (exact) mass is 190 g/mol. The molecule has 12 heavy (non-hydrogen) atoms. The standard InChI is InChI=1S/C6H8N2O2S.H2O/c7-8-11(9,10)6-4-2-1-3-5-6;/h1-5,8H,7H2;1H2. The third kappa shape index (κ3) is 2.28. The van der Waals surface area contributed by atoms with Gasteiger partial charge in [-0.3, -0.25) is 5.84 Å². The van der Waals surface area contributed by atoms with Crippen LogP contribution in [0, 0.1) is 0 Å². The van der Waals surface area contributed by atoms with Gasteiger partial charge in [0.1, 0.15) is 0 Å². The third-order valence-electron chi connectivity index (χ3n) is 1.21. The molecule has 0 fully saturated rings. The van der Waals surface area contributed by atoms with E-state index in [4.69, 9.17) is 5.84 Å². The second-order valence-corrected chi connectivity index (χ2v) is 3.65. The molecule has 0 spiro atoms. The molecule has 6 heteroatoms. The van der Waals surface area contributed by atoms with Gasteiger partial charge in [-0.05, 0) is 12.1 Å². The van der Waals surface area contributed by atoms with E-state index in [1.54, 1.807) is 23.0 Å². The Balaban J connectivity index is 0.00000121. The predicted octanol–water partition coefficient (Wildman–Crippen LogP) is -0.986. The first kappa shape index (κ1) is 11.1. The second-order valence-electron chi connectivity index (χ2n) is 1.93. The summed E-state index contributed by atoms with van der Waals surface area (Å²) in [6.07, 6.45) is 0. The van der Waals surface area contributed by atoms with E-state index in [2.05, 4.69) is 0 Å². The number of sulfonamides is 1. The van der Waals surface area contributed by atoms with Crippen LogP contribution in [-0.2, 0) is 10.0 Å². The van der Waals surface area contributed by atoms with Crippen molar-refractivity contribution in [3.05, 3.63) is 30.3 Å². The van der Waals surface area contributed by atoms with E-state index in [1.165, 1.54) is 12.1 Å². The molecule has 0 bridgehead atoms. The number of hydrogen-bond donors (Lipinski definition) is 2. The van der Waals surface area contributed by atoms with E-state index in [9.17, 15) is 8.42 Å². The van der Waals surface area contributed by atoms with Gasteiger partial charge in [0.25, 0.3) is 10.0 Å². The predicted molar refractivity (Wildman–Crippen MR) is 44.6 cm³/mol. The first-order valence-electron chi connectivity index (χ1n) is 2.94. The lowest BCUT2D eigenvalue weighted by atomic mass is 10.4. The zero-order chi connectivity index (χ0) is 8.32. The van der Waals surface area contributed by atoms with Crippen LogP contribution in [0.25, 0.3) is 0 Å². The van der Waals surface area contributed by atoms with Crippen LogP contribution in [0.15, 0.2) is 35.2 Å². The highest BCUT2D eigenvalue weighted by atomic mass is 32.2. The summed E-state index contributed by atoms with van der Waals surface area (Å²) in [6.45, 7) is 0. The Bertz CT molecular complexity index is 322. The summed E-state index contributed by atoms with van der Waals surface area (Å²) in [5, 5.41) is 0. The van der Waals surface area contributed by atoms with Crippen molar-refractivity contribution in [2.45, 2.75) is 4.90 Å². The van der Waals surface area contributed by atoms with Gasteiger partial charge in [0.05, 0.1) is 4.90 Å². The molecule has 1 rings (SSSR count). The van der Waals surface area contributed by atoms with Gasteiger partial charge >= 0.3 is 0 Å². The van der Waals surface area contributed by atoms with Crippen molar-refractivity contribution in [3.63, 3.8) is 0 Å². The molecule has 5 nitrogen and oxygen atoms in total. The molecule has 0 radical (unpaired) electrons. The fourth-order valence-corrected chi connectivity index (χ4v) is 1.32. The van der Waals surface area contributed by atoms with E-state index < -0.39 is 10.0 Å². The number of nitrogens with one attached hydrogen (secondary N) is 1. The lowest BCUT2D eigenvalue weighted by Crippen LogP contribution is -2.30. The lowest BCUT2D eigenvalue weighted by Gasteiger charge is -1.99. The summed E-state index contributed by atoms with van der Waals surface area (Å²) in [6, 6.07) is 7.92. The highest BCUT2D eigenvalue weighted by Crippen LogP contribution is 2.04. The molecule has 0 saturated heterocycles. The molecule has 0 aliphatic rings. The van der Waals surface area contributed by atoms with Crippen LogP contribution in [-0.4, -0.2) is 13.9 Å². The second kappa shape index (κ2) is 4.17. The van der Waals surface area contributed by atoms with Gasteiger partial charge in [0.15, 0.2) is 0 Å². The summed E-state index contributed by atoms with van der Waals surface area (Å²) < 4.78 is 21.9. The molecule has 5 N–H and O–H groups in total. The van der Waals surface area contributed by atoms with Crippen LogP contribution < -0.4 is 10.7 Å². The fourth-order valence-electron chi connectivity index (χ4n) is 0.668. The van der Waals surface area contributed by atoms with Crippen LogP contribution >= 0.6 is 0 Å². The zero-order valence-electron chi connectivity index (χ0n) is 6.19.